The second-order valence-electron chi connectivity index (χ2n) is 6.62. The van der Waals surface area contributed by atoms with Gasteiger partial charge in [0.25, 0.3) is 0 Å². The molecular weight excluding hydrogens is 334 g/mol. The zero-order chi connectivity index (χ0) is 18.7. The molecule has 0 unspecified atom stereocenters. The van der Waals surface area contributed by atoms with Crippen LogP contribution < -0.4 is 9.84 Å². The molecule has 1 aliphatic rings. The Morgan fingerprint density at radius 1 is 1.20 bits per heavy atom. The van der Waals surface area contributed by atoms with E-state index in [1.54, 1.807) is 12.1 Å². The van der Waals surface area contributed by atoms with Crippen molar-refractivity contribution in [1.29, 1.82) is 0 Å². The fraction of sp³-hybridized carbons (Fsp3) is 0.556. The smallest absolute Gasteiger partial charge is 0.338 e. The number of ether oxygens (including phenoxy) is 2. The van der Waals surface area contributed by atoms with Crippen LogP contribution in [0.2, 0.25) is 0 Å². The molecule has 1 fully saturated rings. The molecule has 1 saturated carbocycles. The topological polar surface area (TPSA) is 75.7 Å². The molecule has 25 heavy (non-hydrogen) atoms. The third-order valence-electron chi connectivity index (χ3n) is 4.60. The molecule has 0 saturated heterocycles. The van der Waals surface area contributed by atoms with E-state index in [9.17, 15) is 23.5 Å². The van der Waals surface area contributed by atoms with Crippen molar-refractivity contribution in [2.45, 2.75) is 51.1 Å². The highest BCUT2D eigenvalue weighted by atomic mass is 19.3. The molecule has 0 N–H and O–H groups in total. The number of halogens is 2. The van der Waals surface area contributed by atoms with Gasteiger partial charge in [-0.1, -0.05) is 13.8 Å². The normalized spacial score (nSPS) is 16.7. The van der Waals surface area contributed by atoms with Crippen LogP contribution in [-0.2, 0) is 9.53 Å². The lowest BCUT2D eigenvalue weighted by Crippen LogP contribution is -2.45. The van der Waals surface area contributed by atoms with Crippen LogP contribution in [0.1, 0.15) is 49.9 Å². The minimum Gasteiger partial charge on any atom is -0.544 e. The highest BCUT2D eigenvalue weighted by Gasteiger charge is 2.39. The van der Waals surface area contributed by atoms with Crippen LogP contribution in [0.5, 0.6) is 5.75 Å². The molecule has 0 bridgehead atoms. The number of benzene rings is 1. The predicted molar refractivity (Wildman–Crippen MR) is 83.3 cm³/mol. The first-order valence-corrected chi connectivity index (χ1v) is 8.22. The molecule has 138 valence electrons. The first kappa shape index (κ1) is 19.1. The van der Waals surface area contributed by atoms with Gasteiger partial charge in [0.2, 0.25) is 0 Å². The lowest BCUT2D eigenvalue weighted by Gasteiger charge is -2.34. The van der Waals surface area contributed by atoms with Crippen molar-refractivity contribution in [1.82, 2.24) is 0 Å². The van der Waals surface area contributed by atoms with Gasteiger partial charge in [0.1, 0.15) is 17.3 Å². The van der Waals surface area contributed by atoms with Gasteiger partial charge in [-0.15, -0.1) is 0 Å². The van der Waals surface area contributed by atoms with Crippen LogP contribution in [-0.4, -0.2) is 30.1 Å². The van der Waals surface area contributed by atoms with Gasteiger partial charge in [0.05, 0.1) is 5.56 Å². The molecule has 0 amide bonds. The van der Waals surface area contributed by atoms with Crippen molar-refractivity contribution in [3.8, 4) is 5.75 Å². The molecule has 0 radical (unpaired) electrons. The third-order valence-corrected chi connectivity index (χ3v) is 4.60. The Kier molecular flexibility index (Phi) is 5.65. The van der Waals surface area contributed by atoms with E-state index < -0.39 is 24.5 Å². The Bertz CT molecular complexity index is 619. The maximum absolute atomic E-state index is 12.9. The Hall–Kier alpha value is -2.18. The van der Waals surface area contributed by atoms with E-state index in [0.717, 1.165) is 25.7 Å². The number of aliphatic carboxylic acids is 1. The summed E-state index contributed by atoms with van der Waals surface area (Å²) in [5, 5.41) is 10.2. The maximum Gasteiger partial charge on any atom is 0.338 e. The molecule has 7 heteroatoms. The molecule has 0 aromatic heterocycles. The quantitative estimate of drug-likeness (QED) is 0.703. The summed E-state index contributed by atoms with van der Waals surface area (Å²) in [6.45, 7) is 2.64. The number of carboxylic acids is 1. The number of carbonyl (C=O) groups is 2. The average molecular weight is 355 g/mol. The van der Waals surface area contributed by atoms with E-state index in [1.807, 2.05) is 0 Å². The van der Waals surface area contributed by atoms with Crippen LogP contribution >= 0.6 is 0 Å². The zero-order valence-electron chi connectivity index (χ0n) is 14.2. The van der Waals surface area contributed by atoms with Crippen LogP contribution in [0, 0.1) is 5.92 Å². The highest BCUT2D eigenvalue weighted by molar-refractivity contribution is 5.89. The zero-order valence-corrected chi connectivity index (χ0v) is 14.2. The first-order valence-electron chi connectivity index (χ1n) is 8.22. The van der Waals surface area contributed by atoms with Crippen molar-refractivity contribution in [2.24, 2.45) is 5.92 Å². The van der Waals surface area contributed by atoms with E-state index in [2.05, 4.69) is 18.6 Å². The van der Waals surface area contributed by atoms with Gasteiger partial charge in [-0.3, -0.25) is 0 Å². The molecule has 5 nitrogen and oxygen atoms in total. The Morgan fingerprint density at radius 2 is 1.76 bits per heavy atom. The van der Waals surface area contributed by atoms with E-state index in [-0.39, 0.29) is 11.2 Å². The molecule has 0 atom stereocenters. The third kappa shape index (κ3) is 4.46. The SMILES string of the molecule is CC(C)C1(Oc2ccc(C(=O)OCC(F)(F)C(=O)[O-])cc2)CCCC1. The summed E-state index contributed by atoms with van der Waals surface area (Å²) < 4.78 is 36.2. The molecule has 0 aliphatic heterocycles. The van der Waals surface area contributed by atoms with E-state index in [1.165, 1.54) is 12.1 Å². The second kappa shape index (κ2) is 7.37. The van der Waals surface area contributed by atoms with E-state index >= 15 is 0 Å². The van der Waals surface area contributed by atoms with Crippen molar-refractivity contribution >= 4 is 11.9 Å². The number of hydrogen-bond donors (Lipinski definition) is 0. The standard InChI is InChI=1S/C18H22F2O5/c1-12(2)17(9-3-4-10-17)25-14-7-5-13(6-8-14)15(21)24-11-18(19,20)16(22)23/h5-8,12H,3-4,9-11H2,1-2H3,(H,22,23)/p-1. The largest absolute Gasteiger partial charge is 0.544 e. The number of carbonyl (C=O) groups excluding carboxylic acids is 2. The molecule has 2 rings (SSSR count). The second-order valence-corrected chi connectivity index (χ2v) is 6.62. The van der Waals surface area contributed by atoms with Crippen molar-refractivity contribution in [3.63, 3.8) is 0 Å². The molecular formula is C18H21F2O5-. The van der Waals surface area contributed by atoms with Crippen LogP contribution in [0.15, 0.2) is 24.3 Å². The summed E-state index contributed by atoms with van der Waals surface area (Å²) in [5.74, 6) is -6.91. The van der Waals surface area contributed by atoms with Crippen molar-refractivity contribution in [2.75, 3.05) is 6.61 Å². The Balaban J connectivity index is 1.99. The van der Waals surface area contributed by atoms with Gasteiger partial charge < -0.3 is 19.4 Å². The molecule has 0 spiro atoms. The van der Waals surface area contributed by atoms with Gasteiger partial charge in [-0.05, 0) is 55.9 Å². The Morgan fingerprint density at radius 3 is 2.24 bits per heavy atom. The number of carboxylic acid groups (broad SMARTS) is 1. The monoisotopic (exact) mass is 355 g/mol. The fourth-order valence-corrected chi connectivity index (χ4v) is 2.96. The van der Waals surface area contributed by atoms with Crippen molar-refractivity contribution in [3.05, 3.63) is 29.8 Å². The number of hydrogen-bond acceptors (Lipinski definition) is 5. The number of alkyl halides is 2. The first-order chi connectivity index (χ1) is 11.7. The summed E-state index contributed by atoms with van der Waals surface area (Å²) in [6, 6.07) is 5.96. The molecule has 1 aromatic carbocycles. The summed E-state index contributed by atoms with van der Waals surface area (Å²) in [7, 11) is 0. The van der Waals surface area contributed by atoms with E-state index in [4.69, 9.17) is 4.74 Å². The Labute approximate surface area is 144 Å². The minimum absolute atomic E-state index is 0.0338. The van der Waals surface area contributed by atoms with Crippen LogP contribution in [0.3, 0.4) is 0 Å². The average Bonchev–Trinajstić information content (AvgIpc) is 3.03. The summed E-state index contributed by atoms with van der Waals surface area (Å²) in [4.78, 5) is 21.9. The van der Waals surface area contributed by atoms with Crippen LogP contribution in [0.25, 0.3) is 0 Å². The predicted octanol–water partition coefficient (Wildman–Crippen LogP) is 2.58. The summed E-state index contributed by atoms with van der Waals surface area (Å²) in [6.07, 6.45) is 4.14. The number of rotatable bonds is 7. The molecule has 0 heterocycles. The highest BCUT2D eigenvalue weighted by Crippen LogP contribution is 2.40. The summed E-state index contributed by atoms with van der Waals surface area (Å²) >= 11 is 0. The van der Waals surface area contributed by atoms with Gasteiger partial charge in [-0.25, -0.2) is 4.79 Å². The van der Waals surface area contributed by atoms with E-state index in [0.29, 0.717) is 11.7 Å². The number of esters is 1. The van der Waals surface area contributed by atoms with Gasteiger partial charge in [0.15, 0.2) is 6.61 Å². The lowest BCUT2D eigenvalue weighted by molar-refractivity contribution is -0.331. The molecule has 1 aliphatic carbocycles. The lowest BCUT2D eigenvalue weighted by atomic mass is 9.88. The summed E-state index contributed by atoms with van der Waals surface area (Å²) in [5.41, 5.74) is -0.190. The van der Waals surface area contributed by atoms with Crippen LogP contribution in [0.4, 0.5) is 8.78 Å². The molecule has 1 aromatic rings. The van der Waals surface area contributed by atoms with Gasteiger partial charge >= 0.3 is 11.9 Å². The minimum atomic E-state index is -4.22. The van der Waals surface area contributed by atoms with Crippen molar-refractivity contribution < 1.29 is 33.0 Å². The maximum atomic E-state index is 12.9. The fourth-order valence-electron chi connectivity index (χ4n) is 2.96. The van der Waals surface area contributed by atoms with Gasteiger partial charge in [-0.2, -0.15) is 8.78 Å². The van der Waals surface area contributed by atoms with Gasteiger partial charge in [0, 0.05) is 0 Å².